The number of aryl methyl sites for hydroxylation is 1. The van der Waals surface area contributed by atoms with Gasteiger partial charge in [0, 0.05) is 38.6 Å². The number of aliphatic imine (C=N–C) groups is 1. The normalized spacial score (nSPS) is 12.6. The summed E-state index contributed by atoms with van der Waals surface area (Å²) < 4.78 is 2.15. The zero-order valence-electron chi connectivity index (χ0n) is 15.8. The van der Waals surface area contributed by atoms with Crippen molar-refractivity contribution < 1.29 is 0 Å². The first-order valence-electron chi connectivity index (χ1n) is 8.52. The molecule has 0 radical (unpaired) electrons. The molecule has 0 fully saturated rings. The Hall–Kier alpha value is -1.57. The van der Waals surface area contributed by atoms with Gasteiger partial charge in [0.2, 0.25) is 0 Å². The summed E-state index contributed by atoms with van der Waals surface area (Å²) in [5, 5.41) is 6.81. The van der Waals surface area contributed by atoms with Crippen molar-refractivity contribution in [1.82, 2.24) is 20.2 Å². The van der Waals surface area contributed by atoms with Gasteiger partial charge in [0.25, 0.3) is 0 Å². The molecular weight excluding hydrogens is 425 g/mol. The number of hydrogen-bond acceptors (Lipinski definition) is 2. The lowest BCUT2D eigenvalue weighted by molar-refractivity contribution is 0.481. The van der Waals surface area contributed by atoms with Crippen LogP contribution in [0.2, 0.25) is 0 Å². The number of nitrogens with zero attached hydrogens (tertiary/aromatic N) is 3. The highest BCUT2D eigenvalue weighted by Gasteiger charge is 2.08. The molecule has 1 unspecified atom stereocenters. The van der Waals surface area contributed by atoms with Crippen molar-refractivity contribution in [3.63, 3.8) is 0 Å². The Bertz CT molecular complexity index is 678. The molecule has 2 N–H and O–H groups in total. The molecule has 0 saturated carbocycles. The van der Waals surface area contributed by atoms with Crippen LogP contribution in [0.15, 0.2) is 41.7 Å². The standard InChI is InChI=1S/C19H29N5.HI/c1-14(2)15(3)23-19(20-5)22-12-17-7-6-8-18(11-17)13-24-10-9-21-16(24)4;/h6-11,14-15H,12-13H2,1-5H3,(H2,20,22,23);1H. The Morgan fingerprint density at radius 3 is 2.56 bits per heavy atom. The summed E-state index contributed by atoms with van der Waals surface area (Å²) in [5.41, 5.74) is 2.51. The number of imidazole rings is 1. The van der Waals surface area contributed by atoms with Crippen molar-refractivity contribution in [2.24, 2.45) is 10.9 Å². The maximum atomic E-state index is 4.30. The van der Waals surface area contributed by atoms with Gasteiger partial charge in [-0.05, 0) is 30.9 Å². The molecule has 0 bridgehead atoms. The molecule has 1 aromatic heterocycles. The Kier molecular flexibility index (Phi) is 8.96. The van der Waals surface area contributed by atoms with Gasteiger partial charge in [-0.15, -0.1) is 24.0 Å². The minimum absolute atomic E-state index is 0. The van der Waals surface area contributed by atoms with Gasteiger partial charge in [-0.2, -0.15) is 0 Å². The molecular formula is C19H30IN5. The number of guanidine groups is 1. The van der Waals surface area contributed by atoms with Crippen LogP contribution in [0.5, 0.6) is 0 Å². The molecule has 2 aromatic rings. The number of hydrogen-bond donors (Lipinski definition) is 2. The smallest absolute Gasteiger partial charge is 0.191 e. The van der Waals surface area contributed by atoms with E-state index in [9.17, 15) is 0 Å². The minimum Gasteiger partial charge on any atom is -0.354 e. The molecule has 0 amide bonds. The molecule has 0 saturated heterocycles. The second-order valence-electron chi connectivity index (χ2n) is 6.53. The zero-order chi connectivity index (χ0) is 17.5. The van der Waals surface area contributed by atoms with Gasteiger partial charge in [0.15, 0.2) is 5.96 Å². The predicted molar refractivity (Wildman–Crippen MR) is 116 cm³/mol. The summed E-state index contributed by atoms with van der Waals surface area (Å²) in [6, 6.07) is 9.00. The van der Waals surface area contributed by atoms with Crippen molar-refractivity contribution in [2.75, 3.05) is 7.05 Å². The van der Waals surface area contributed by atoms with Gasteiger partial charge in [-0.3, -0.25) is 4.99 Å². The molecule has 0 aliphatic rings. The van der Waals surface area contributed by atoms with Gasteiger partial charge in [0.1, 0.15) is 5.82 Å². The van der Waals surface area contributed by atoms with Gasteiger partial charge >= 0.3 is 0 Å². The lowest BCUT2D eigenvalue weighted by Crippen LogP contribution is -2.43. The Labute approximate surface area is 168 Å². The Balaban J connectivity index is 0.00000312. The summed E-state index contributed by atoms with van der Waals surface area (Å²) in [5.74, 6) is 2.43. The van der Waals surface area contributed by atoms with Crippen molar-refractivity contribution in [1.29, 1.82) is 0 Å². The zero-order valence-corrected chi connectivity index (χ0v) is 18.1. The molecule has 138 valence electrons. The van der Waals surface area contributed by atoms with E-state index in [1.165, 1.54) is 11.1 Å². The third kappa shape index (κ3) is 6.68. The molecule has 6 heteroatoms. The van der Waals surface area contributed by atoms with E-state index in [1.54, 1.807) is 7.05 Å². The highest BCUT2D eigenvalue weighted by atomic mass is 127. The largest absolute Gasteiger partial charge is 0.354 e. The first-order valence-corrected chi connectivity index (χ1v) is 8.52. The van der Waals surface area contributed by atoms with E-state index < -0.39 is 0 Å². The van der Waals surface area contributed by atoms with Gasteiger partial charge in [0.05, 0.1) is 0 Å². The van der Waals surface area contributed by atoms with Crippen LogP contribution in [-0.2, 0) is 13.1 Å². The first-order chi connectivity index (χ1) is 11.5. The van der Waals surface area contributed by atoms with Crippen molar-refractivity contribution in [3.05, 3.63) is 53.6 Å². The molecule has 0 aliphatic heterocycles. The molecule has 0 aliphatic carbocycles. The molecule has 2 rings (SSSR count). The lowest BCUT2D eigenvalue weighted by Gasteiger charge is -2.20. The van der Waals surface area contributed by atoms with E-state index in [0.717, 1.165) is 24.9 Å². The van der Waals surface area contributed by atoms with Gasteiger partial charge in [-0.25, -0.2) is 4.98 Å². The average molecular weight is 455 g/mol. The van der Waals surface area contributed by atoms with E-state index in [0.29, 0.717) is 12.0 Å². The predicted octanol–water partition coefficient (Wildman–Crippen LogP) is 3.57. The van der Waals surface area contributed by atoms with Crippen molar-refractivity contribution >= 4 is 29.9 Å². The highest BCUT2D eigenvalue weighted by Crippen LogP contribution is 2.09. The summed E-state index contributed by atoms with van der Waals surface area (Å²) in [7, 11) is 1.81. The van der Waals surface area contributed by atoms with Crippen LogP contribution < -0.4 is 10.6 Å². The number of aromatic nitrogens is 2. The summed E-state index contributed by atoms with van der Waals surface area (Å²) in [4.78, 5) is 8.58. The van der Waals surface area contributed by atoms with Gasteiger partial charge in [-0.1, -0.05) is 38.1 Å². The molecule has 1 aromatic carbocycles. The third-order valence-electron chi connectivity index (χ3n) is 4.32. The summed E-state index contributed by atoms with van der Waals surface area (Å²) >= 11 is 0. The van der Waals surface area contributed by atoms with E-state index >= 15 is 0 Å². The number of halogens is 1. The summed E-state index contributed by atoms with van der Waals surface area (Å²) in [6.07, 6.45) is 3.85. The van der Waals surface area contributed by atoms with Crippen LogP contribution in [0.1, 0.15) is 37.7 Å². The van der Waals surface area contributed by atoms with E-state index in [2.05, 4.69) is 70.2 Å². The molecule has 1 heterocycles. The fourth-order valence-corrected chi connectivity index (χ4v) is 2.37. The van der Waals surface area contributed by atoms with Crippen LogP contribution in [0.4, 0.5) is 0 Å². The average Bonchev–Trinajstić information content (AvgIpc) is 2.96. The second kappa shape index (κ2) is 10.4. The SMILES string of the molecule is CN=C(NCc1cccc(Cn2ccnc2C)c1)NC(C)C(C)C.I. The lowest BCUT2D eigenvalue weighted by atomic mass is 10.1. The van der Waals surface area contributed by atoms with Crippen molar-refractivity contribution in [2.45, 2.75) is 46.8 Å². The maximum Gasteiger partial charge on any atom is 0.191 e. The highest BCUT2D eigenvalue weighted by molar-refractivity contribution is 14.0. The molecule has 5 nitrogen and oxygen atoms in total. The Morgan fingerprint density at radius 1 is 1.24 bits per heavy atom. The fourth-order valence-electron chi connectivity index (χ4n) is 2.37. The van der Waals surface area contributed by atoms with Crippen LogP contribution in [0.3, 0.4) is 0 Å². The van der Waals surface area contributed by atoms with E-state index in [1.807, 2.05) is 19.3 Å². The van der Waals surface area contributed by atoms with Crippen LogP contribution in [0.25, 0.3) is 0 Å². The van der Waals surface area contributed by atoms with Crippen molar-refractivity contribution in [3.8, 4) is 0 Å². The molecule has 1 atom stereocenters. The third-order valence-corrected chi connectivity index (χ3v) is 4.32. The summed E-state index contributed by atoms with van der Waals surface area (Å²) in [6.45, 7) is 10.2. The van der Waals surface area contributed by atoms with Crippen LogP contribution in [-0.4, -0.2) is 28.6 Å². The number of benzene rings is 1. The fraction of sp³-hybridized carbons (Fsp3) is 0.474. The Morgan fingerprint density at radius 2 is 1.96 bits per heavy atom. The first kappa shape index (κ1) is 21.5. The van der Waals surface area contributed by atoms with E-state index in [4.69, 9.17) is 0 Å². The minimum atomic E-state index is 0. The monoisotopic (exact) mass is 455 g/mol. The topological polar surface area (TPSA) is 54.2 Å². The maximum absolute atomic E-state index is 4.30. The second-order valence-corrected chi connectivity index (χ2v) is 6.53. The molecule has 0 spiro atoms. The number of nitrogens with one attached hydrogen (secondary N) is 2. The molecule has 25 heavy (non-hydrogen) atoms. The van der Waals surface area contributed by atoms with Gasteiger partial charge < -0.3 is 15.2 Å². The quantitative estimate of drug-likeness (QED) is 0.398. The van der Waals surface area contributed by atoms with E-state index in [-0.39, 0.29) is 24.0 Å². The van der Waals surface area contributed by atoms with Crippen LogP contribution in [0, 0.1) is 12.8 Å². The number of rotatable bonds is 6. The van der Waals surface area contributed by atoms with Crippen LogP contribution >= 0.6 is 24.0 Å².